The molecule has 0 amide bonds. The summed E-state index contributed by atoms with van der Waals surface area (Å²) in [5, 5.41) is 3.01. The Morgan fingerprint density at radius 2 is 1.95 bits per heavy atom. The molecule has 0 bridgehead atoms. The van der Waals surface area contributed by atoms with E-state index in [1.807, 2.05) is 24.3 Å². The number of amidine groups is 1. The van der Waals surface area contributed by atoms with Crippen molar-refractivity contribution < 1.29 is 9.13 Å². The molecule has 0 radical (unpaired) electrons. The molecule has 2 aromatic rings. The minimum absolute atomic E-state index is 0.144. The highest BCUT2D eigenvalue weighted by atomic mass is 19.1. The summed E-state index contributed by atoms with van der Waals surface area (Å²) < 4.78 is 17.9. The Balaban J connectivity index is 1.54. The fraction of sp³-hybridized carbons (Fsp3) is 0.267. The molecule has 0 fully saturated rings. The molecule has 7 heteroatoms. The summed E-state index contributed by atoms with van der Waals surface area (Å²) >= 11 is 0. The van der Waals surface area contributed by atoms with Crippen molar-refractivity contribution in [3.05, 3.63) is 48.0 Å². The van der Waals surface area contributed by atoms with Crippen molar-refractivity contribution in [3.8, 4) is 0 Å². The summed E-state index contributed by atoms with van der Waals surface area (Å²) in [6, 6.07) is 8.34. The van der Waals surface area contributed by atoms with E-state index >= 15 is 0 Å². The SMILES string of the molecule is NC1=N[C@@H](CCc2ccc(Nc3ncc(F)cn3)cc2)CO1. The topological polar surface area (TPSA) is 85.4 Å². The van der Waals surface area contributed by atoms with E-state index in [1.165, 1.54) is 5.56 Å². The molecule has 2 heterocycles. The molecule has 0 unspecified atom stereocenters. The summed E-state index contributed by atoms with van der Waals surface area (Å²) in [5.41, 5.74) is 7.53. The number of halogens is 1. The van der Waals surface area contributed by atoms with Gasteiger partial charge in [-0.1, -0.05) is 12.1 Å². The molecule has 0 saturated carbocycles. The van der Waals surface area contributed by atoms with E-state index in [4.69, 9.17) is 10.5 Å². The molecule has 1 atom stereocenters. The maximum atomic E-state index is 12.7. The molecule has 22 heavy (non-hydrogen) atoms. The second-order valence-corrected chi connectivity index (χ2v) is 5.02. The van der Waals surface area contributed by atoms with Crippen LogP contribution in [0.5, 0.6) is 0 Å². The van der Waals surface area contributed by atoms with Crippen LogP contribution in [-0.4, -0.2) is 28.6 Å². The number of hydrogen-bond donors (Lipinski definition) is 2. The maximum Gasteiger partial charge on any atom is 0.282 e. The Bertz CT molecular complexity index is 657. The zero-order chi connectivity index (χ0) is 15.4. The van der Waals surface area contributed by atoms with Gasteiger partial charge in [0.2, 0.25) is 5.95 Å². The number of aromatic nitrogens is 2. The van der Waals surface area contributed by atoms with Crippen LogP contribution in [-0.2, 0) is 11.2 Å². The van der Waals surface area contributed by atoms with Gasteiger partial charge in [-0.15, -0.1) is 0 Å². The molecule has 0 saturated heterocycles. The molecule has 1 aromatic carbocycles. The van der Waals surface area contributed by atoms with Gasteiger partial charge in [-0.2, -0.15) is 0 Å². The summed E-state index contributed by atoms with van der Waals surface area (Å²) in [5.74, 6) is -0.0952. The van der Waals surface area contributed by atoms with Gasteiger partial charge in [0.1, 0.15) is 6.61 Å². The van der Waals surface area contributed by atoms with Gasteiger partial charge in [-0.3, -0.25) is 0 Å². The Labute approximate surface area is 127 Å². The van der Waals surface area contributed by atoms with Crippen molar-refractivity contribution in [1.29, 1.82) is 0 Å². The van der Waals surface area contributed by atoms with Crippen LogP contribution in [0.4, 0.5) is 16.0 Å². The summed E-state index contributed by atoms with van der Waals surface area (Å²) in [7, 11) is 0. The van der Waals surface area contributed by atoms with Crippen LogP contribution < -0.4 is 11.1 Å². The van der Waals surface area contributed by atoms with Crippen LogP contribution in [0.2, 0.25) is 0 Å². The van der Waals surface area contributed by atoms with Gasteiger partial charge >= 0.3 is 0 Å². The Morgan fingerprint density at radius 1 is 1.23 bits per heavy atom. The number of nitrogens with zero attached hydrogens (tertiary/aromatic N) is 3. The number of nitrogens with two attached hydrogens (primary N) is 1. The lowest BCUT2D eigenvalue weighted by Crippen LogP contribution is -2.10. The quantitative estimate of drug-likeness (QED) is 0.882. The predicted molar refractivity (Wildman–Crippen MR) is 81.4 cm³/mol. The monoisotopic (exact) mass is 301 g/mol. The smallest absolute Gasteiger partial charge is 0.282 e. The van der Waals surface area contributed by atoms with Crippen LogP contribution in [0.25, 0.3) is 0 Å². The molecular weight excluding hydrogens is 285 g/mol. The number of benzene rings is 1. The third-order valence-electron chi connectivity index (χ3n) is 3.33. The molecule has 0 aliphatic carbocycles. The molecule has 114 valence electrons. The van der Waals surface area contributed by atoms with Gasteiger partial charge in [-0.05, 0) is 30.5 Å². The molecule has 6 nitrogen and oxygen atoms in total. The van der Waals surface area contributed by atoms with Crippen LogP contribution in [0.15, 0.2) is 41.7 Å². The van der Waals surface area contributed by atoms with E-state index in [1.54, 1.807) is 0 Å². The van der Waals surface area contributed by atoms with Crippen molar-refractivity contribution in [3.63, 3.8) is 0 Å². The third-order valence-corrected chi connectivity index (χ3v) is 3.33. The van der Waals surface area contributed by atoms with E-state index in [0.29, 0.717) is 12.6 Å². The first-order valence-electron chi connectivity index (χ1n) is 6.98. The van der Waals surface area contributed by atoms with E-state index in [9.17, 15) is 4.39 Å². The van der Waals surface area contributed by atoms with Crippen LogP contribution in [0, 0.1) is 5.82 Å². The highest BCUT2D eigenvalue weighted by Crippen LogP contribution is 2.16. The van der Waals surface area contributed by atoms with E-state index < -0.39 is 5.82 Å². The van der Waals surface area contributed by atoms with E-state index in [0.717, 1.165) is 30.9 Å². The van der Waals surface area contributed by atoms with Crippen LogP contribution in [0.1, 0.15) is 12.0 Å². The first kappa shape index (κ1) is 14.2. The first-order valence-corrected chi connectivity index (χ1v) is 6.98. The third kappa shape index (κ3) is 3.69. The van der Waals surface area contributed by atoms with Crippen LogP contribution in [0.3, 0.4) is 0 Å². The Hall–Kier alpha value is -2.70. The van der Waals surface area contributed by atoms with Gasteiger partial charge in [0, 0.05) is 5.69 Å². The minimum atomic E-state index is -0.458. The fourth-order valence-electron chi connectivity index (χ4n) is 2.18. The zero-order valence-electron chi connectivity index (χ0n) is 11.9. The van der Waals surface area contributed by atoms with Gasteiger partial charge in [-0.25, -0.2) is 19.4 Å². The Morgan fingerprint density at radius 3 is 2.59 bits per heavy atom. The summed E-state index contributed by atoms with van der Waals surface area (Å²) in [6.45, 7) is 0.563. The highest BCUT2D eigenvalue weighted by molar-refractivity contribution is 5.73. The molecular formula is C15H16FN5O. The van der Waals surface area contributed by atoms with Crippen molar-refractivity contribution in [2.24, 2.45) is 10.7 Å². The standard InChI is InChI=1S/C15H16FN5O/c16-11-7-18-15(19-8-11)21-12-4-1-10(2-5-12)3-6-13-9-22-14(17)20-13/h1-2,4-5,7-8,13H,3,6,9H2,(H2,17,20)(H,18,19,21)/t13-/m0/s1. The van der Waals surface area contributed by atoms with E-state index in [2.05, 4.69) is 20.3 Å². The number of rotatable bonds is 5. The van der Waals surface area contributed by atoms with Gasteiger partial charge in [0.25, 0.3) is 6.02 Å². The Kier molecular flexibility index (Phi) is 4.13. The number of nitrogens with one attached hydrogen (secondary N) is 1. The lowest BCUT2D eigenvalue weighted by molar-refractivity contribution is 0.308. The fourth-order valence-corrected chi connectivity index (χ4v) is 2.18. The second-order valence-electron chi connectivity index (χ2n) is 5.02. The summed E-state index contributed by atoms with van der Waals surface area (Å²) in [6.07, 6.45) is 4.05. The molecule has 3 rings (SSSR count). The number of ether oxygens (including phenoxy) is 1. The molecule has 1 aliphatic heterocycles. The average Bonchev–Trinajstić information content (AvgIpc) is 2.94. The molecule has 1 aromatic heterocycles. The molecule has 1 aliphatic rings. The normalized spacial score (nSPS) is 17.0. The van der Waals surface area contributed by atoms with Crippen molar-refractivity contribution in [2.75, 3.05) is 11.9 Å². The lowest BCUT2D eigenvalue weighted by Gasteiger charge is -2.07. The van der Waals surface area contributed by atoms with Gasteiger partial charge in [0.15, 0.2) is 5.82 Å². The van der Waals surface area contributed by atoms with E-state index in [-0.39, 0.29) is 12.1 Å². The van der Waals surface area contributed by atoms with Crippen molar-refractivity contribution in [1.82, 2.24) is 9.97 Å². The number of anilines is 2. The van der Waals surface area contributed by atoms with Crippen LogP contribution >= 0.6 is 0 Å². The molecule has 3 N–H and O–H groups in total. The van der Waals surface area contributed by atoms with Gasteiger partial charge in [0.05, 0.1) is 18.4 Å². The lowest BCUT2D eigenvalue weighted by atomic mass is 10.1. The maximum absolute atomic E-state index is 12.7. The number of aliphatic imine (C=N–C) groups is 1. The zero-order valence-corrected chi connectivity index (χ0v) is 11.9. The first-order chi connectivity index (χ1) is 10.7. The predicted octanol–water partition coefficient (Wildman–Crippen LogP) is 2.01. The molecule has 0 spiro atoms. The summed E-state index contributed by atoms with van der Waals surface area (Å²) in [4.78, 5) is 11.9. The van der Waals surface area contributed by atoms with Crippen molar-refractivity contribution in [2.45, 2.75) is 18.9 Å². The number of aryl methyl sites for hydroxylation is 1. The van der Waals surface area contributed by atoms with Crippen molar-refractivity contribution >= 4 is 17.7 Å². The number of hydrogen-bond acceptors (Lipinski definition) is 6. The minimum Gasteiger partial charge on any atom is -0.463 e. The average molecular weight is 301 g/mol. The highest BCUT2D eigenvalue weighted by Gasteiger charge is 2.16. The largest absolute Gasteiger partial charge is 0.463 e. The van der Waals surface area contributed by atoms with Gasteiger partial charge < -0.3 is 15.8 Å². The second kappa shape index (κ2) is 6.38.